The average molecular weight is 378 g/mol. The monoisotopic (exact) mass is 378 g/mol. The minimum Gasteiger partial charge on any atom is -0.340 e. The van der Waals surface area contributed by atoms with Crippen molar-refractivity contribution in [1.82, 2.24) is 14.7 Å². The van der Waals surface area contributed by atoms with Crippen LogP contribution in [0.3, 0.4) is 0 Å². The molecule has 0 aliphatic carbocycles. The highest BCUT2D eigenvalue weighted by atomic mass is 32.2. The van der Waals surface area contributed by atoms with E-state index in [0.717, 1.165) is 27.5 Å². The van der Waals surface area contributed by atoms with Crippen LogP contribution in [0.15, 0.2) is 59.8 Å². The van der Waals surface area contributed by atoms with E-state index in [1.54, 1.807) is 11.9 Å². The molecule has 4 rings (SSSR count). The van der Waals surface area contributed by atoms with E-state index in [0.29, 0.717) is 18.1 Å². The van der Waals surface area contributed by atoms with E-state index in [2.05, 4.69) is 30.6 Å². The zero-order valence-corrected chi connectivity index (χ0v) is 15.4. The van der Waals surface area contributed by atoms with E-state index >= 15 is 0 Å². The molecule has 0 fully saturated rings. The van der Waals surface area contributed by atoms with E-state index in [1.807, 2.05) is 55.6 Å². The Labute approximate surface area is 161 Å². The maximum Gasteiger partial charge on any atom is 0.228 e. The summed E-state index contributed by atoms with van der Waals surface area (Å²) >= 11 is 1.55. The predicted octanol–water partition coefficient (Wildman–Crippen LogP) is 3.68. The summed E-state index contributed by atoms with van der Waals surface area (Å²) in [5.74, 6) is 1.38. The van der Waals surface area contributed by atoms with Gasteiger partial charge in [-0.25, -0.2) is 9.97 Å². The maximum absolute atomic E-state index is 11.5. The highest BCUT2D eigenvalue weighted by Gasteiger charge is 2.17. The number of amides is 1. The molecule has 7 nitrogen and oxygen atoms in total. The summed E-state index contributed by atoms with van der Waals surface area (Å²) in [5, 5.41) is 9.39. The molecule has 0 spiro atoms. The van der Waals surface area contributed by atoms with Gasteiger partial charge in [0.1, 0.15) is 18.0 Å². The lowest BCUT2D eigenvalue weighted by Crippen LogP contribution is -2.03. The minimum absolute atomic E-state index is 0.0225. The molecule has 136 valence electrons. The third kappa shape index (κ3) is 4.18. The first kappa shape index (κ1) is 17.3. The molecule has 2 aromatic carbocycles. The maximum atomic E-state index is 11.5. The van der Waals surface area contributed by atoms with Gasteiger partial charge in [0.25, 0.3) is 0 Å². The molecule has 1 aliphatic heterocycles. The van der Waals surface area contributed by atoms with Gasteiger partial charge in [-0.15, -0.1) is 0 Å². The summed E-state index contributed by atoms with van der Waals surface area (Å²) in [6.07, 6.45) is 1.94. The van der Waals surface area contributed by atoms with Crippen LogP contribution in [0.25, 0.3) is 0 Å². The third-order valence-corrected chi connectivity index (χ3v) is 4.69. The topological polar surface area (TPSA) is 91.0 Å². The van der Waals surface area contributed by atoms with Crippen molar-refractivity contribution < 1.29 is 4.79 Å². The molecule has 1 aliphatic rings. The molecular weight excluding hydrogens is 360 g/mol. The summed E-state index contributed by atoms with van der Waals surface area (Å²) in [6.45, 7) is 0. The Morgan fingerprint density at radius 1 is 1.00 bits per heavy atom. The predicted molar refractivity (Wildman–Crippen MR) is 109 cm³/mol. The standard InChI is InChI=1S/C19H18N6OS/c1-20-27-15-4-2-3-13(8-15)23-17-10-18(22-11-21-17)24-14-6-5-12-7-19(26)25-16(12)9-14/h2-6,8-11,20H,7H2,1H3,(H,25,26)(H2,21,22,23,24). The van der Waals surface area contributed by atoms with E-state index in [1.165, 1.54) is 6.33 Å². The van der Waals surface area contributed by atoms with Crippen LogP contribution in [0.1, 0.15) is 5.56 Å². The number of carbonyl (C=O) groups excluding carboxylic acids is 1. The molecule has 2 heterocycles. The quantitative estimate of drug-likeness (QED) is 0.486. The minimum atomic E-state index is 0.0225. The van der Waals surface area contributed by atoms with Crippen molar-refractivity contribution in [2.45, 2.75) is 11.3 Å². The van der Waals surface area contributed by atoms with Crippen LogP contribution < -0.4 is 20.7 Å². The van der Waals surface area contributed by atoms with Gasteiger partial charge >= 0.3 is 0 Å². The largest absolute Gasteiger partial charge is 0.340 e. The van der Waals surface area contributed by atoms with Gasteiger partial charge in [-0.3, -0.25) is 9.52 Å². The van der Waals surface area contributed by atoms with Crippen LogP contribution in [0, 0.1) is 0 Å². The number of hydrogen-bond donors (Lipinski definition) is 4. The molecule has 0 atom stereocenters. The fourth-order valence-corrected chi connectivity index (χ4v) is 3.41. The van der Waals surface area contributed by atoms with Gasteiger partial charge in [-0.1, -0.05) is 12.1 Å². The second-order valence-electron chi connectivity index (χ2n) is 5.97. The van der Waals surface area contributed by atoms with Gasteiger partial charge in [0, 0.05) is 28.0 Å². The van der Waals surface area contributed by atoms with E-state index in [4.69, 9.17) is 0 Å². The zero-order chi connectivity index (χ0) is 18.6. The Bertz CT molecular complexity index is 993. The smallest absolute Gasteiger partial charge is 0.228 e. The summed E-state index contributed by atoms with van der Waals surface area (Å²) in [5.41, 5.74) is 3.65. The molecule has 3 aromatic rings. The highest BCUT2D eigenvalue weighted by molar-refractivity contribution is 7.97. The first-order chi connectivity index (χ1) is 13.2. The van der Waals surface area contributed by atoms with Crippen molar-refractivity contribution in [2.24, 2.45) is 0 Å². The van der Waals surface area contributed by atoms with Gasteiger partial charge in [0.2, 0.25) is 5.91 Å². The van der Waals surface area contributed by atoms with Gasteiger partial charge < -0.3 is 16.0 Å². The van der Waals surface area contributed by atoms with E-state index in [9.17, 15) is 4.79 Å². The van der Waals surface area contributed by atoms with Crippen LogP contribution in [-0.4, -0.2) is 22.9 Å². The molecular formula is C19H18N6OS. The Balaban J connectivity index is 1.49. The molecule has 0 saturated carbocycles. The van der Waals surface area contributed by atoms with Gasteiger partial charge in [-0.05, 0) is 54.9 Å². The molecule has 0 saturated heterocycles. The van der Waals surface area contributed by atoms with Crippen molar-refractivity contribution in [2.75, 3.05) is 23.0 Å². The van der Waals surface area contributed by atoms with Crippen molar-refractivity contribution in [3.8, 4) is 0 Å². The lowest BCUT2D eigenvalue weighted by atomic mass is 10.1. The van der Waals surface area contributed by atoms with Crippen molar-refractivity contribution in [3.63, 3.8) is 0 Å². The number of nitrogens with zero attached hydrogens (tertiary/aromatic N) is 2. The number of anilines is 5. The summed E-state index contributed by atoms with van der Waals surface area (Å²) in [7, 11) is 1.89. The summed E-state index contributed by atoms with van der Waals surface area (Å²) in [6, 6.07) is 15.7. The highest BCUT2D eigenvalue weighted by Crippen LogP contribution is 2.28. The third-order valence-electron chi connectivity index (χ3n) is 4.00. The normalized spacial score (nSPS) is 12.4. The number of fused-ring (bicyclic) bond motifs is 1. The van der Waals surface area contributed by atoms with E-state index in [-0.39, 0.29) is 5.91 Å². The summed E-state index contributed by atoms with van der Waals surface area (Å²) < 4.78 is 3.06. The lowest BCUT2D eigenvalue weighted by molar-refractivity contribution is -0.115. The lowest BCUT2D eigenvalue weighted by Gasteiger charge is -2.10. The molecule has 27 heavy (non-hydrogen) atoms. The molecule has 1 amide bonds. The van der Waals surface area contributed by atoms with Crippen LogP contribution in [0.2, 0.25) is 0 Å². The van der Waals surface area contributed by atoms with Gasteiger partial charge in [-0.2, -0.15) is 0 Å². The fraction of sp³-hybridized carbons (Fsp3) is 0.105. The number of aromatic nitrogens is 2. The molecule has 0 radical (unpaired) electrons. The van der Waals surface area contributed by atoms with Crippen LogP contribution in [-0.2, 0) is 11.2 Å². The number of carbonyl (C=O) groups is 1. The first-order valence-electron chi connectivity index (χ1n) is 8.42. The average Bonchev–Trinajstić information content (AvgIpc) is 3.02. The number of nitrogens with one attached hydrogen (secondary N) is 4. The zero-order valence-electron chi connectivity index (χ0n) is 14.6. The Morgan fingerprint density at radius 2 is 1.78 bits per heavy atom. The van der Waals surface area contributed by atoms with E-state index < -0.39 is 0 Å². The second kappa shape index (κ2) is 7.65. The van der Waals surface area contributed by atoms with Crippen LogP contribution >= 0.6 is 11.9 Å². The SMILES string of the molecule is CNSc1cccc(Nc2cc(Nc3ccc4c(c3)NC(=O)C4)ncn2)c1. The first-order valence-corrected chi connectivity index (χ1v) is 9.24. The molecule has 0 unspecified atom stereocenters. The molecule has 4 N–H and O–H groups in total. The molecule has 0 bridgehead atoms. The van der Waals surface area contributed by atoms with Crippen LogP contribution in [0.4, 0.5) is 28.7 Å². The number of hydrogen-bond acceptors (Lipinski definition) is 7. The van der Waals surface area contributed by atoms with Gasteiger partial charge in [0.15, 0.2) is 0 Å². The van der Waals surface area contributed by atoms with Gasteiger partial charge in [0.05, 0.1) is 6.42 Å². The fourth-order valence-electron chi connectivity index (χ4n) is 2.84. The van der Waals surface area contributed by atoms with Crippen molar-refractivity contribution >= 4 is 46.6 Å². The second-order valence-corrected chi connectivity index (χ2v) is 7.05. The van der Waals surface area contributed by atoms with Crippen LogP contribution in [0.5, 0.6) is 0 Å². The Morgan fingerprint density at radius 3 is 2.56 bits per heavy atom. The summed E-state index contributed by atoms with van der Waals surface area (Å²) in [4.78, 5) is 21.1. The number of benzene rings is 2. The molecule has 8 heteroatoms. The number of rotatable bonds is 6. The van der Waals surface area contributed by atoms with Crippen molar-refractivity contribution in [3.05, 3.63) is 60.4 Å². The Kier molecular flexibility index (Phi) is 4.91. The Hall–Kier alpha value is -3.10. The van der Waals surface area contributed by atoms with Crippen molar-refractivity contribution in [1.29, 1.82) is 0 Å². The molecule has 1 aromatic heterocycles.